The second-order valence-corrected chi connectivity index (χ2v) is 7.90. The van der Waals surface area contributed by atoms with E-state index in [1.807, 2.05) is 0 Å². The number of carboxylic acids is 1. The van der Waals surface area contributed by atoms with Crippen molar-refractivity contribution in [2.24, 2.45) is 0 Å². The Kier molecular flexibility index (Phi) is 5.76. The van der Waals surface area contributed by atoms with Crippen LogP contribution in [0.1, 0.15) is 30.9 Å². The van der Waals surface area contributed by atoms with Crippen LogP contribution in [0.3, 0.4) is 0 Å². The quantitative estimate of drug-likeness (QED) is 0.568. The van der Waals surface area contributed by atoms with Gasteiger partial charge in [0.2, 0.25) is 10.0 Å². The van der Waals surface area contributed by atoms with Crippen molar-refractivity contribution >= 4 is 33.1 Å². The largest absolute Gasteiger partial charge is 0.478 e. The number of para-hydroxylation sites is 2. The lowest BCUT2D eigenvalue weighted by Gasteiger charge is -2.16. The molecule has 7 nitrogen and oxygen atoms in total. The summed E-state index contributed by atoms with van der Waals surface area (Å²) < 4.78 is 55.5. The van der Waals surface area contributed by atoms with Gasteiger partial charge >= 0.3 is 12.5 Å². The number of halogens is 2. The lowest BCUT2D eigenvalue weighted by atomic mass is 10.2. The fourth-order valence-corrected chi connectivity index (χ4v) is 4.05. The summed E-state index contributed by atoms with van der Waals surface area (Å²) in [6, 6.07) is 10.8. The molecule has 0 aliphatic rings. The lowest BCUT2D eigenvalue weighted by molar-refractivity contribution is -0.131. The number of hydrogen-bond acceptors (Lipinski definition) is 4. The number of imidazole rings is 1. The predicted octanol–water partition coefficient (Wildman–Crippen LogP) is 3.57. The molecule has 2 N–H and O–H groups in total. The summed E-state index contributed by atoms with van der Waals surface area (Å²) in [5.41, 5.74) is 1.04. The van der Waals surface area contributed by atoms with Crippen LogP contribution >= 0.6 is 0 Å². The molecule has 0 bridgehead atoms. The van der Waals surface area contributed by atoms with E-state index in [4.69, 9.17) is 5.11 Å². The number of benzene rings is 2. The number of rotatable bonds is 7. The molecule has 0 amide bonds. The number of nitrogens with zero attached hydrogens (tertiary/aromatic N) is 2. The van der Waals surface area contributed by atoms with Crippen LogP contribution in [0.2, 0.25) is 0 Å². The molecule has 1 heterocycles. The third-order valence-electron chi connectivity index (χ3n) is 4.15. The van der Waals surface area contributed by atoms with Gasteiger partial charge in [-0.1, -0.05) is 24.3 Å². The van der Waals surface area contributed by atoms with Crippen LogP contribution in [0.15, 0.2) is 59.5 Å². The predicted molar refractivity (Wildman–Crippen MR) is 103 cm³/mol. The SMILES string of the molecule is CC(NS(=O)(=O)c1ccc(C=CC(=O)O)cc1)c1nc2ccccc2n1C(F)F. The molecule has 0 spiro atoms. The number of carbonyl (C=O) groups is 1. The molecule has 0 aliphatic carbocycles. The van der Waals surface area contributed by atoms with Crippen molar-refractivity contribution in [2.75, 3.05) is 0 Å². The summed E-state index contributed by atoms with van der Waals surface area (Å²) in [5.74, 6) is -1.23. The zero-order valence-electron chi connectivity index (χ0n) is 15.2. The van der Waals surface area contributed by atoms with Crippen molar-refractivity contribution in [3.05, 3.63) is 66.0 Å². The minimum absolute atomic E-state index is 0.0865. The average molecular weight is 421 g/mol. The molecule has 3 rings (SSSR count). The van der Waals surface area contributed by atoms with E-state index in [9.17, 15) is 22.0 Å². The normalized spacial score (nSPS) is 13.4. The Morgan fingerprint density at radius 2 is 1.83 bits per heavy atom. The van der Waals surface area contributed by atoms with Crippen LogP contribution in [0.25, 0.3) is 17.1 Å². The van der Waals surface area contributed by atoms with E-state index in [2.05, 4.69) is 9.71 Å². The van der Waals surface area contributed by atoms with E-state index in [0.29, 0.717) is 15.6 Å². The van der Waals surface area contributed by atoms with Gasteiger partial charge in [-0.05, 0) is 42.8 Å². The highest BCUT2D eigenvalue weighted by Gasteiger charge is 2.25. The maximum atomic E-state index is 13.6. The summed E-state index contributed by atoms with van der Waals surface area (Å²) >= 11 is 0. The summed E-state index contributed by atoms with van der Waals surface area (Å²) in [6.45, 7) is -1.45. The van der Waals surface area contributed by atoms with Gasteiger partial charge in [0.25, 0.3) is 0 Å². The van der Waals surface area contributed by atoms with Gasteiger partial charge in [-0.25, -0.2) is 22.9 Å². The van der Waals surface area contributed by atoms with Gasteiger partial charge in [0.15, 0.2) is 0 Å². The van der Waals surface area contributed by atoms with E-state index in [-0.39, 0.29) is 16.2 Å². The molecule has 1 unspecified atom stereocenters. The van der Waals surface area contributed by atoms with Gasteiger partial charge in [-0.15, -0.1) is 0 Å². The molecule has 0 aliphatic heterocycles. The molecule has 0 saturated carbocycles. The highest BCUT2D eigenvalue weighted by atomic mass is 32.2. The van der Waals surface area contributed by atoms with Crippen LogP contribution in [0.4, 0.5) is 8.78 Å². The van der Waals surface area contributed by atoms with Crippen molar-refractivity contribution in [1.82, 2.24) is 14.3 Å². The number of aliphatic carboxylic acids is 1. The number of alkyl halides is 2. The number of fused-ring (bicyclic) bond motifs is 1. The summed E-state index contributed by atoms with van der Waals surface area (Å²) in [6.07, 6.45) is 2.25. The Labute approximate surface area is 165 Å². The molecular weight excluding hydrogens is 404 g/mol. The highest BCUT2D eigenvalue weighted by Crippen LogP contribution is 2.27. The molecule has 1 aromatic heterocycles. The molecule has 0 saturated heterocycles. The van der Waals surface area contributed by atoms with Gasteiger partial charge in [0.05, 0.1) is 22.0 Å². The fraction of sp³-hybridized carbons (Fsp3) is 0.158. The Balaban J connectivity index is 1.88. The third kappa shape index (κ3) is 4.49. The second kappa shape index (κ2) is 8.10. The van der Waals surface area contributed by atoms with Gasteiger partial charge in [-0.2, -0.15) is 8.78 Å². The van der Waals surface area contributed by atoms with Gasteiger partial charge in [0.1, 0.15) is 5.82 Å². The molecule has 0 radical (unpaired) electrons. The van der Waals surface area contributed by atoms with Crippen molar-refractivity contribution in [3.63, 3.8) is 0 Å². The number of nitrogens with one attached hydrogen (secondary N) is 1. The van der Waals surface area contributed by atoms with E-state index < -0.39 is 28.6 Å². The first-order chi connectivity index (χ1) is 13.7. The van der Waals surface area contributed by atoms with E-state index in [1.54, 1.807) is 18.2 Å². The van der Waals surface area contributed by atoms with Crippen molar-refractivity contribution in [2.45, 2.75) is 24.4 Å². The van der Waals surface area contributed by atoms with Gasteiger partial charge < -0.3 is 5.11 Å². The summed E-state index contributed by atoms with van der Waals surface area (Å²) in [5, 5.41) is 8.63. The Morgan fingerprint density at radius 3 is 2.45 bits per heavy atom. The topological polar surface area (TPSA) is 101 Å². The molecule has 0 fully saturated rings. The number of sulfonamides is 1. The molecule has 2 aromatic carbocycles. The first-order valence-corrected chi connectivity index (χ1v) is 9.96. The molecular formula is C19H17F2N3O4S. The average Bonchev–Trinajstić information content (AvgIpc) is 3.06. The molecule has 10 heteroatoms. The highest BCUT2D eigenvalue weighted by molar-refractivity contribution is 7.89. The molecule has 152 valence electrons. The zero-order chi connectivity index (χ0) is 21.2. The lowest BCUT2D eigenvalue weighted by Crippen LogP contribution is -2.29. The van der Waals surface area contributed by atoms with Gasteiger partial charge in [-0.3, -0.25) is 4.57 Å². The van der Waals surface area contributed by atoms with E-state index >= 15 is 0 Å². The minimum Gasteiger partial charge on any atom is -0.478 e. The maximum Gasteiger partial charge on any atom is 0.328 e. The van der Waals surface area contributed by atoms with Crippen LogP contribution in [0, 0.1) is 0 Å². The van der Waals surface area contributed by atoms with Crippen LogP contribution < -0.4 is 4.72 Å². The van der Waals surface area contributed by atoms with Crippen molar-refractivity contribution in [1.29, 1.82) is 0 Å². The number of hydrogen-bond donors (Lipinski definition) is 2. The second-order valence-electron chi connectivity index (χ2n) is 6.19. The molecule has 1 atom stereocenters. The third-order valence-corrected chi connectivity index (χ3v) is 5.70. The van der Waals surface area contributed by atoms with Gasteiger partial charge in [0, 0.05) is 6.08 Å². The molecule has 29 heavy (non-hydrogen) atoms. The number of aromatic nitrogens is 2. The zero-order valence-corrected chi connectivity index (χ0v) is 16.0. The standard InChI is InChI=1S/C19H17F2N3O4S/c1-12(18-22-15-4-2-3-5-16(15)24(18)19(20)21)23-29(27,28)14-9-6-13(7-10-14)8-11-17(25)26/h2-12,19,23H,1H3,(H,25,26). The molecule has 3 aromatic rings. The van der Waals surface area contributed by atoms with E-state index in [0.717, 1.165) is 6.08 Å². The smallest absolute Gasteiger partial charge is 0.328 e. The van der Waals surface area contributed by atoms with Crippen molar-refractivity contribution < 1.29 is 27.1 Å². The van der Waals surface area contributed by atoms with Crippen molar-refractivity contribution in [3.8, 4) is 0 Å². The Morgan fingerprint density at radius 1 is 1.17 bits per heavy atom. The Hall–Kier alpha value is -3.11. The summed E-state index contributed by atoms with van der Waals surface area (Å²) in [7, 11) is -4.02. The maximum absolute atomic E-state index is 13.6. The summed E-state index contributed by atoms with van der Waals surface area (Å²) in [4.78, 5) is 14.6. The van der Waals surface area contributed by atoms with Crippen LogP contribution in [-0.4, -0.2) is 29.0 Å². The Bertz CT molecular complexity index is 1170. The first-order valence-electron chi connectivity index (χ1n) is 8.47. The monoisotopic (exact) mass is 421 g/mol. The fourth-order valence-electron chi connectivity index (χ4n) is 2.85. The van der Waals surface area contributed by atoms with E-state index in [1.165, 1.54) is 43.3 Å². The minimum atomic E-state index is -4.02. The number of carboxylic acid groups (broad SMARTS) is 1. The van der Waals surface area contributed by atoms with Crippen LogP contribution in [0.5, 0.6) is 0 Å². The van der Waals surface area contributed by atoms with Crippen LogP contribution in [-0.2, 0) is 14.8 Å². The first kappa shape index (κ1) is 20.6.